The average Bonchev–Trinajstić information content (AvgIpc) is 2.79. The minimum Gasteiger partial charge on any atom is -0.379 e. The first-order chi connectivity index (χ1) is 13.8. The molecule has 0 spiro atoms. The maximum absolute atomic E-state index is 13.0. The monoisotopic (exact) mass is 378 g/mol. The lowest BCUT2D eigenvalue weighted by atomic mass is 9.89. The second-order valence-corrected chi connectivity index (χ2v) is 7.90. The van der Waals surface area contributed by atoms with Crippen molar-refractivity contribution >= 4 is 5.78 Å². The maximum Gasteiger partial charge on any atom is 0.167 e. The van der Waals surface area contributed by atoms with Crippen LogP contribution in [0.25, 0.3) is 11.1 Å². The number of ether oxygens (including phenoxy) is 1. The van der Waals surface area contributed by atoms with Gasteiger partial charge in [0.25, 0.3) is 0 Å². The number of Topliss-reactive ketones (excluding diaryl/α,β-unsaturated/α-hetero) is 1. The van der Waals surface area contributed by atoms with Crippen molar-refractivity contribution < 1.29 is 9.53 Å². The minimum absolute atomic E-state index is 0.126. The Morgan fingerprint density at radius 1 is 0.857 bits per heavy atom. The third kappa shape index (κ3) is 4.88. The molecule has 4 heteroatoms. The maximum atomic E-state index is 13.0. The summed E-state index contributed by atoms with van der Waals surface area (Å²) in [7, 11) is 0. The molecular weight excluding hydrogens is 348 g/mol. The smallest absolute Gasteiger partial charge is 0.167 e. The number of nitrogens with zero attached hydrogens (tertiary/aromatic N) is 2. The zero-order chi connectivity index (χ0) is 19.2. The van der Waals surface area contributed by atoms with Gasteiger partial charge in [0, 0.05) is 44.2 Å². The van der Waals surface area contributed by atoms with Crippen molar-refractivity contribution in [1.29, 1.82) is 0 Å². The summed E-state index contributed by atoms with van der Waals surface area (Å²) in [4.78, 5) is 18.0. The third-order valence-corrected chi connectivity index (χ3v) is 5.99. The molecule has 148 valence electrons. The van der Waals surface area contributed by atoms with E-state index in [1.54, 1.807) is 0 Å². The zero-order valence-corrected chi connectivity index (χ0v) is 16.6. The quantitative estimate of drug-likeness (QED) is 0.720. The Labute approximate surface area is 168 Å². The molecule has 1 atom stereocenters. The number of piperidine rings is 1. The molecule has 0 bridgehead atoms. The molecule has 2 heterocycles. The molecule has 0 saturated carbocycles. The van der Waals surface area contributed by atoms with Crippen molar-refractivity contribution in [3.63, 3.8) is 0 Å². The summed E-state index contributed by atoms with van der Waals surface area (Å²) < 4.78 is 5.43. The Morgan fingerprint density at radius 3 is 2.29 bits per heavy atom. The summed E-state index contributed by atoms with van der Waals surface area (Å²) in [6.07, 6.45) is 2.12. The Morgan fingerprint density at radius 2 is 1.54 bits per heavy atom. The van der Waals surface area contributed by atoms with E-state index in [9.17, 15) is 4.79 Å². The van der Waals surface area contributed by atoms with Crippen LogP contribution in [0.2, 0.25) is 0 Å². The molecule has 0 unspecified atom stereocenters. The van der Waals surface area contributed by atoms with Crippen molar-refractivity contribution in [3.05, 3.63) is 60.2 Å². The Hall–Kier alpha value is -2.01. The highest BCUT2D eigenvalue weighted by Gasteiger charge is 2.26. The average molecular weight is 379 g/mol. The van der Waals surface area contributed by atoms with Gasteiger partial charge >= 0.3 is 0 Å². The molecule has 2 fully saturated rings. The highest BCUT2D eigenvalue weighted by Crippen LogP contribution is 2.24. The van der Waals surface area contributed by atoms with Gasteiger partial charge in [-0.25, -0.2) is 0 Å². The normalized spacial score (nSPS) is 21.5. The lowest BCUT2D eigenvalue weighted by Crippen LogP contribution is -2.45. The summed E-state index contributed by atoms with van der Waals surface area (Å²) in [5.74, 6) is 0.427. The van der Waals surface area contributed by atoms with Crippen LogP contribution in [0.3, 0.4) is 0 Å². The van der Waals surface area contributed by atoms with Crippen LogP contribution in [-0.4, -0.2) is 68.1 Å². The van der Waals surface area contributed by atoms with Crippen LogP contribution in [-0.2, 0) is 4.74 Å². The molecule has 2 aromatic carbocycles. The summed E-state index contributed by atoms with van der Waals surface area (Å²) in [5.41, 5.74) is 3.20. The number of rotatable bonds is 6. The number of morpholine rings is 1. The Balaban J connectivity index is 1.33. The molecule has 0 aliphatic carbocycles. The number of carbonyl (C=O) groups excluding carboxylic acids is 1. The highest BCUT2D eigenvalue weighted by molar-refractivity contribution is 5.98. The molecule has 0 aromatic heterocycles. The minimum atomic E-state index is 0.126. The molecule has 2 saturated heterocycles. The SMILES string of the molecule is O=C(c1ccc(-c2ccccc2)cc1)[C@H]1CCCN(CCN2CCOCC2)C1. The number of benzene rings is 2. The Bertz CT molecular complexity index is 754. The van der Waals surface area contributed by atoms with Gasteiger partial charge in [-0.1, -0.05) is 54.6 Å². The molecule has 28 heavy (non-hydrogen) atoms. The highest BCUT2D eigenvalue weighted by atomic mass is 16.5. The van der Waals surface area contributed by atoms with E-state index in [0.717, 1.165) is 76.5 Å². The van der Waals surface area contributed by atoms with Crippen LogP contribution in [0.15, 0.2) is 54.6 Å². The van der Waals surface area contributed by atoms with Crippen molar-refractivity contribution in [1.82, 2.24) is 9.80 Å². The van der Waals surface area contributed by atoms with E-state index in [1.165, 1.54) is 5.56 Å². The summed E-state index contributed by atoms with van der Waals surface area (Å²) >= 11 is 0. The van der Waals surface area contributed by atoms with Crippen molar-refractivity contribution in [2.45, 2.75) is 12.8 Å². The molecule has 0 N–H and O–H groups in total. The number of hydrogen-bond acceptors (Lipinski definition) is 4. The molecule has 4 rings (SSSR count). The Kier molecular flexibility index (Phi) is 6.53. The van der Waals surface area contributed by atoms with Gasteiger partial charge < -0.3 is 9.64 Å². The van der Waals surface area contributed by atoms with Crippen LogP contribution in [0.1, 0.15) is 23.2 Å². The van der Waals surface area contributed by atoms with Gasteiger partial charge in [-0.05, 0) is 30.5 Å². The van der Waals surface area contributed by atoms with Gasteiger partial charge in [0.1, 0.15) is 0 Å². The first kappa shape index (κ1) is 19.3. The van der Waals surface area contributed by atoms with Crippen LogP contribution in [0.5, 0.6) is 0 Å². The predicted octanol–water partition coefficient (Wildman–Crippen LogP) is 3.58. The predicted molar refractivity (Wildman–Crippen MR) is 113 cm³/mol. The van der Waals surface area contributed by atoms with Gasteiger partial charge in [0.2, 0.25) is 0 Å². The largest absolute Gasteiger partial charge is 0.379 e. The van der Waals surface area contributed by atoms with E-state index in [2.05, 4.69) is 34.1 Å². The second kappa shape index (κ2) is 9.46. The van der Waals surface area contributed by atoms with Crippen LogP contribution < -0.4 is 0 Å². The van der Waals surface area contributed by atoms with Gasteiger partial charge in [-0.3, -0.25) is 9.69 Å². The lowest BCUT2D eigenvalue weighted by Gasteiger charge is -2.34. The fourth-order valence-corrected chi connectivity index (χ4v) is 4.27. The molecule has 4 nitrogen and oxygen atoms in total. The summed E-state index contributed by atoms with van der Waals surface area (Å²) in [6.45, 7) is 7.89. The van der Waals surface area contributed by atoms with E-state index in [0.29, 0.717) is 5.78 Å². The second-order valence-electron chi connectivity index (χ2n) is 7.90. The molecular formula is C24H30N2O2. The molecule has 2 aromatic rings. The van der Waals surface area contributed by atoms with Gasteiger partial charge in [0.15, 0.2) is 5.78 Å². The van der Waals surface area contributed by atoms with Crippen molar-refractivity contribution in [3.8, 4) is 11.1 Å². The molecule has 2 aliphatic heterocycles. The van der Waals surface area contributed by atoms with E-state index in [1.807, 2.05) is 30.3 Å². The summed E-state index contributed by atoms with van der Waals surface area (Å²) in [6, 6.07) is 18.5. The van der Waals surface area contributed by atoms with Crippen molar-refractivity contribution in [2.75, 3.05) is 52.5 Å². The van der Waals surface area contributed by atoms with E-state index in [4.69, 9.17) is 4.74 Å². The van der Waals surface area contributed by atoms with Crippen LogP contribution in [0, 0.1) is 5.92 Å². The van der Waals surface area contributed by atoms with E-state index >= 15 is 0 Å². The molecule has 0 radical (unpaired) electrons. The van der Waals surface area contributed by atoms with Crippen LogP contribution in [0.4, 0.5) is 0 Å². The topological polar surface area (TPSA) is 32.8 Å². The van der Waals surface area contributed by atoms with Crippen molar-refractivity contribution in [2.24, 2.45) is 5.92 Å². The fraction of sp³-hybridized carbons (Fsp3) is 0.458. The van der Waals surface area contributed by atoms with Crippen LogP contribution >= 0.6 is 0 Å². The van der Waals surface area contributed by atoms with Gasteiger partial charge in [-0.2, -0.15) is 0 Å². The number of carbonyl (C=O) groups is 1. The van der Waals surface area contributed by atoms with Gasteiger partial charge in [-0.15, -0.1) is 0 Å². The first-order valence-corrected chi connectivity index (χ1v) is 10.5. The number of likely N-dealkylation sites (tertiary alicyclic amines) is 1. The van der Waals surface area contributed by atoms with Gasteiger partial charge in [0.05, 0.1) is 13.2 Å². The number of hydrogen-bond donors (Lipinski definition) is 0. The lowest BCUT2D eigenvalue weighted by molar-refractivity contribution is 0.0308. The van der Waals surface area contributed by atoms with E-state index < -0.39 is 0 Å². The fourth-order valence-electron chi connectivity index (χ4n) is 4.27. The molecule has 0 amide bonds. The first-order valence-electron chi connectivity index (χ1n) is 10.5. The number of ketones is 1. The summed E-state index contributed by atoms with van der Waals surface area (Å²) in [5, 5.41) is 0. The standard InChI is InChI=1S/C24H30N2O2/c27-24(22-10-8-21(9-11-22)20-5-2-1-3-6-20)23-7-4-12-26(19-23)14-13-25-15-17-28-18-16-25/h1-3,5-6,8-11,23H,4,7,12-19H2/t23-/m0/s1. The zero-order valence-electron chi connectivity index (χ0n) is 16.6. The third-order valence-electron chi connectivity index (χ3n) is 5.99. The van der Waals surface area contributed by atoms with E-state index in [-0.39, 0.29) is 5.92 Å². The molecule has 2 aliphatic rings.